The van der Waals surface area contributed by atoms with Gasteiger partial charge in [-0.15, -0.1) is 0 Å². The first kappa shape index (κ1) is 77.6. The minimum Gasteiger partial charge on any atom is -0.388 e. The minimum atomic E-state index is -1.36. The molecule has 10 amide bonds. The van der Waals surface area contributed by atoms with Crippen molar-refractivity contribution in [3.8, 4) is 0 Å². The zero-order valence-corrected chi connectivity index (χ0v) is 56.6. The summed E-state index contributed by atoms with van der Waals surface area (Å²) < 4.78 is 17.7. The van der Waals surface area contributed by atoms with Crippen LogP contribution in [0.5, 0.6) is 0 Å². The average Bonchev–Trinajstić information content (AvgIpc) is 1.42. The van der Waals surface area contributed by atoms with E-state index in [0.717, 1.165) is 11.1 Å². The van der Waals surface area contributed by atoms with Crippen molar-refractivity contribution >= 4 is 59.0 Å². The molecule has 2 aromatic carbocycles. The Bertz CT molecular complexity index is 2700. The monoisotopic (exact) mass is 1290 g/mol. The molecule has 0 radical (unpaired) electrons. The molecule has 516 valence electrons. The molecule has 4 rings (SSSR count). The number of amides is 10. The predicted octanol–water partition coefficient (Wildman–Crippen LogP) is 1.57. The molecule has 26 nitrogen and oxygen atoms in total. The third-order valence-corrected chi connectivity index (χ3v) is 17.7. The van der Waals surface area contributed by atoms with E-state index in [-0.39, 0.29) is 87.2 Å². The van der Waals surface area contributed by atoms with Crippen molar-refractivity contribution < 1.29 is 67.6 Å². The van der Waals surface area contributed by atoms with Crippen LogP contribution >= 0.6 is 0 Å². The van der Waals surface area contributed by atoms with Crippen LogP contribution in [0.1, 0.15) is 118 Å². The van der Waals surface area contributed by atoms with Crippen LogP contribution in [0, 0.1) is 29.6 Å². The second-order valence-corrected chi connectivity index (χ2v) is 25.9. The van der Waals surface area contributed by atoms with Gasteiger partial charge >= 0.3 is 6.03 Å². The van der Waals surface area contributed by atoms with E-state index in [1.54, 1.807) is 61.9 Å². The highest BCUT2D eigenvalue weighted by Gasteiger charge is 2.45. The number of urea groups is 1. The lowest BCUT2D eigenvalue weighted by Gasteiger charge is -2.41. The largest absolute Gasteiger partial charge is 0.388 e. The molecular formula is C66H108N12O14. The van der Waals surface area contributed by atoms with Crippen molar-refractivity contribution in [1.29, 1.82) is 0 Å². The highest BCUT2D eigenvalue weighted by Crippen LogP contribution is 2.30. The summed E-state index contributed by atoms with van der Waals surface area (Å²) >= 11 is 0. The quantitative estimate of drug-likeness (QED) is 0.0428. The van der Waals surface area contributed by atoms with Gasteiger partial charge in [-0.25, -0.2) is 4.79 Å². The van der Waals surface area contributed by atoms with E-state index in [1.807, 2.05) is 90.9 Å². The first-order valence-corrected chi connectivity index (χ1v) is 32.4. The Hall–Kier alpha value is -6.81. The Kier molecular flexibility index (Phi) is 31.9. The number of nitrogens with two attached hydrogens (primary N) is 2. The minimum absolute atomic E-state index is 0.00375. The number of hydrogen-bond acceptors (Lipinski definition) is 16. The molecule has 15 atom stereocenters. The highest BCUT2D eigenvalue weighted by atomic mass is 16.5. The summed E-state index contributed by atoms with van der Waals surface area (Å²) in [4.78, 5) is 129. The number of anilines is 1. The van der Waals surface area contributed by atoms with E-state index < -0.39 is 126 Å². The van der Waals surface area contributed by atoms with Crippen LogP contribution < -0.4 is 48.7 Å². The number of carbonyl (C=O) groups is 9. The Balaban J connectivity index is 1.42. The average molecular weight is 1290 g/mol. The molecule has 9 unspecified atom stereocenters. The van der Waals surface area contributed by atoms with Crippen molar-refractivity contribution in [1.82, 2.24) is 46.6 Å². The zero-order chi connectivity index (χ0) is 68.7. The molecule has 2 heterocycles. The van der Waals surface area contributed by atoms with Gasteiger partial charge in [-0.3, -0.25) is 43.3 Å². The maximum atomic E-state index is 14.6. The molecule has 13 N–H and O–H groups in total. The lowest BCUT2D eigenvalue weighted by atomic mass is 9.89. The summed E-state index contributed by atoms with van der Waals surface area (Å²) in [5, 5.41) is 40.3. The molecule has 0 bridgehead atoms. The normalized spacial score (nSPS) is 20.6. The third kappa shape index (κ3) is 22.5. The van der Waals surface area contributed by atoms with Crippen LogP contribution in [0.2, 0.25) is 0 Å². The fourth-order valence-corrected chi connectivity index (χ4v) is 12.4. The molecular weight excluding hydrogens is 1180 g/mol. The van der Waals surface area contributed by atoms with Crippen molar-refractivity contribution in [3.63, 3.8) is 0 Å². The summed E-state index contributed by atoms with van der Waals surface area (Å²) in [5.74, 6) is -5.09. The van der Waals surface area contributed by atoms with Crippen molar-refractivity contribution in [3.05, 3.63) is 65.7 Å². The predicted molar refractivity (Wildman–Crippen MR) is 349 cm³/mol. The smallest absolute Gasteiger partial charge is 0.312 e. The van der Waals surface area contributed by atoms with Gasteiger partial charge in [0, 0.05) is 59.6 Å². The van der Waals surface area contributed by atoms with Crippen LogP contribution in [0.4, 0.5) is 10.5 Å². The van der Waals surface area contributed by atoms with E-state index in [4.69, 9.17) is 25.7 Å². The summed E-state index contributed by atoms with van der Waals surface area (Å²) in [6, 6.07) is 9.85. The van der Waals surface area contributed by atoms with Crippen molar-refractivity contribution in [2.24, 2.45) is 41.1 Å². The number of nitrogens with zero attached hydrogens (tertiary/aromatic N) is 3. The number of primary amides is 1. The maximum Gasteiger partial charge on any atom is 0.312 e. The number of aliphatic hydroxyl groups excluding tert-OH is 2. The molecule has 0 saturated carbocycles. The number of likely N-dealkylation sites (tertiary alicyclic amines) is 1. The molecule has 26 heteroatoms. The first-order chi connectivity index (χ1) is 43.5. The van der Waals surface area contributed by atoms with Crippen molar-refractivity contribution in [2.75, 3.05) is 66.9 Å². The number of likely N-dealkylation sites (N-methyl/N-ethyl adjacent to an activating group) is 2. The second-order valence-electron chi connectivity index (χ2n) is 25.9. The van der Waals surface area contributed by atoms with E-state index in [1.165, 1.54) is 14.2 Å². The van der Waals surface area contributed by atoms with Gasteiger partial charge in [0.25, 0.3) is 0 Å². The topological polar surface area (TPSA) is 368 Å². The van der Waals surface area contributed by atoms with E-state index in [0.29, 0.717) is 37.9 Å². The van der Waals surface area contributed by atoms with Gasteiger partial charge < -0.3 is 82.9 Å². The van der Waals surface area contributed by atoms with Crippen LogP contribution in [0.3, 0.4) is 0 Å². The summed E-state index contributed by atoms with van der Waals surface area (Å²) in [6.45, 7) is 17.5. The second kappa shape index (κ2) is 37.8. The molecule has 0 aliphatic carbocycles. The van der Waals surface area contributed by atoms with Crippen LogP contribution in [0.25, 0.3) is 0 Å². The molecule has 2 saturated heterocycles. The van der Waals surface area contributed by atoms with Gasteiger partial charge in [0.1, 0.15) is 36.4 Å². The number of rotatable bonds is 37. The van der Waals surface area contributed by atoms with Gasteiger partial charge in [0.05, 0.1) is 61.3 Å². The Morgan fingerprint density at radius 3 is 1.89 bits per heavy atom. The van der Waals surface area contributed by atoms with Gasteiger partial charge in [0.2, 0.25) is 47.3 Å². The third-order valence-electron chi connectivity index (χ3n) is 17.7. The summed E-state index contributed by atoms with van der Waals surface area (Å²) in [5.41, 5.74) is 12.9. The van der Waals surface area contributed by atoms with Crippen LogP contribution in [-0.2, 0) is 65.4 Å². The van der Waals surface area contributed by atoms with E-state index >= 15 is 0 Å². The molecule has 2 aliphatic heterocycles. The number of benzene rings is 2. The summed E-state index contributed by atoms with van der Waals surface area (Å²) in [6.07, 6.45) is -3.68. The SMILES string of the molecule is CCC(C)C(C(CC(=O)N1CCC[C@H]1C(OC)C(C)C(=O)N[C@@H](Cc1ccccc1)C(=O)NCCc1ccc(NC(=O)C(CCCNC(N)=O)NC(=O)[C@H](NC(=O)C[C@@H]2O[C@H](CN)C(O)C2O)C(C)C)cc1)OC)N(C)C(=O)[C@@H](NC(=O)C(C(C)C)N(C)C)C(C)C. The molecule has 2 fully saturated rings. The van der Waals surface area contributed by atoms with Gasteiger partial charge in [-0.05, 0) is 93.1 Å². The maximum absolute atomic E-state index is 14.6. The number of aliphatic hydroxyl groups is 2. The van der Waals surface area contributed by atoms with Gasteiger partial charge in [-0.2, -0.15) is 0 Å². The zero-order valence-electron chi connectivity index (χ0n) is 56.6. The molecule has 0 spiro atoms. The fraction of sp³-hybridized carbons (Fsp3) is 0.682. The number of carbonyl (C=O) groups excluding carboxylic acids is 9. The first-order valence-electron chi connectivity index (χ1n) is 32.4. The van der Waals surface area contributed by atoms with Gasteiger partial charge in [-0.1, -0.05) is 111 Å². The Morgan fingerprint density at radius 2 is 1.34 bits per heavy atom. The van der Waals surface area contributed by atoms with Gasteiger partial charge in [0.15, 0.2) is 0 Å². The lowest BCUT2D eigenvalue weighted by molar-refractivity contribution is -0.148. The number of ether oxygens (including phenoxy) is 3. The number of hydrogen-bond donors (Lipinski definition) is 11. The Morgan fingerprint density at radius 1 is 0.707 bits per heavy atom. The van der Waals surface area contributed by atoms with E-state index in [2.05, 4.69) is 37.2 Å². The van der Waals surface area contributed by atoms with Crippen LogP contribution in [-0.4, -0.2) is 219 Å². The lowest BCUT2D eigenvalue weighted by Crippen LogP contribution is -2.59. The molecule has 92 heavy (non-hydrogen) atoms. The molecule has 2 aromatic rings. The van der Waals surface area contributed by atoms with Crippen LogP contribution in [0.15, 0.2) is 54.6 Å². The van der Waals surface area contributed by atoms with Crippen molar-refractivity contribution in [2.45, 2.75) is 199 Å². The molecule has 0 aromatic heterocycles. The fourth-order valence-electron chi connectivity index (χ4n) is 12.4. The number of methoxy groups -OCH3 is 2. The summed E-state index contributed by atoms with van der Waals surface area (Å²) in [7, 11) is 8.41. The highest BCUT2D eigenvalue weighted by molar-refractivity contribution is 5.98. The Labute approximate surface area is 543 Å². The molecule has 2 aliphatic rings. The number of nitrogens with one attached hydrogen (secondary N) is 7. The standard InChI is InChI=1S/C66H108N12O14/c1-15-40(8)56(77(12)65(88)54(38(4)5)75-64(87)55(39(6)7)76(10)11)48(90-13)35-52(80)78-32-20-24-47(78)59(91-14)41(9)60(83)73-46(33-43-21-17-16-18-22-43)61(84)69-31-29-42-25-27-44(28-26-42)71-62(85)45(23-19-30-70-66(68)89)72-63(86)53(37(2)3)74-51(79)34-49-57(81)58(82)50(36-67)92-49/h16-18,21-22,25-28,37-41,45-50,53-59,81-82H,15,19-20,23-24,29-36,67H2,1-14H3,(H,69,84)(H,71,85)(H,72,86)(H,73,83)(H,74,79)(H,75,87)(H3,68,70,89)/t40?,41?,45?,46-,47-,48?,49-,50+,53+,54-,55?,56?,57?,58?,59?/m0/s1. The van der Waals surface area contributed by atoms with E-state index in [9.17, 15) is 53.4 Å².